The van der Waals surface area contributed by atoms with E-state index in [-0.39, 0.29) is 0 Å². The number of pyridine rings is 1. The molecule has 218 valence electrons. The number of hydrogen-bond donors (Lipinski definition) is 1. The van der Waals surface area contributed by atoms with E-state index in [1.807, 2.05) is 54.6 Å². The first-order valence-corrected chi connectivity index (χ1v) is 14.9. The summed E-state index contributed by atoms with van der Waals surface area (Å²) in [6, 6.07) is 37.0. The second kappa shape index (κ2) is 12.4. The SMILES string of the molecule is COc1nc2ccc(-c3ccco3)cc2cc1C(c1ccccc1)C(O)(CCCCN(C)C)c1ccc2ccccc2c1. The molecule has 0 spiro atoms. The molecular weight excluding hydrogens is 532 g/mol. The fraction of sp³-hybridized carbons (Fsp3) is 0.237. The number of methoxy groups -OCH3 is 1. The summed E-state index contributed by atoms with van der Waals surface area (Å²) in [5, 5.41) is 16.4. The summed E-state index contributed by atoms with van der Waals surface area (Å²) in [7, 11) is 5.83. The standard InChI is InChI=1S/C38H38N2O3/c1-40(2)22-10-9-21-38(41,32-19-17-27-12-7-8-15-29(27)25-32)36(28-13-5-4-6-14-28)33-26-31-24-30(35-16-11-23-43-35)18-20-34(31)39-37(33)42-3/h4-8,11-20,23-26,36,41H,9-10,21-22H2,1-3H3. The molecule has 6 aromatic rings. The maximum atomic E-state index is 13.2. The lowest BCUT2D eigenvalue weighted by Crippen LogP contribution is -2.35. The summed E-state index contributed by atoms with van der Waals surface area (Å²) in [6.45, 7) is 0.959. The third-order valence-corrected chi connectivity index (χ3v) is 8.39. The summed E-state index contributed by atoms with van der Waals surface area (Å²) in [5.74, 6) is 0.875. The van der Waals surface area contributed by atoms with Crippen LogP contribution in [0.15, 0.2) is 120 Å². The Kier molecular flexibility index (Phi) is 8.28. The third-order valence-electron chi connectivity index (χ3n) is 8.39. The molecule has 0 saturated carbocycles. The van der Waals surface area contributed by atoms with Crippen LogP contribution in [-0.2, 0) is 5.60 Å². The van der Waals surface area contributed by atoms with Crippen molar-refractivity contribution in [3.05, 3.63) is 132 Å². The van der Waals surface area contributed by atoms with E-state index in [4.69, 9.17) is 14.1 Å². The van der Waals surface area contributed by atoms with Crippen molar-refractivity contribution in [2.45, 2.75) is 30.8 Å². The quantitative estimate of drug-likeness (QED) is 0.159. The van der Waals surface area contributed by atoms with Crippen LogP contribution in [0.2, 0.25) is 0 Å². The normalized spacial score (nSPS) is 13.8. The van der Waals surface area contributed by atoms with Gasteiger partial charge in [-0.3, -0.25) is 0 Å². The van der Waals surface area contributed by atoms with Crippen LogP contribution in [0.5, 0.6) is 5.88 Å². The van der Waals surface area contributed by atoms with Crippen LogP contribution in [0.1, 0.15) is 41.9 Å². The van der Waals surface area contributed by atoms with Crippen molar-refractivity contribution >= 4 is 21.7 Å². The van der Waals surface area contributed by atoms with Crippen molar-refractivity contribution < 1.29 is 14.3 Å². The Morgan fingerprint density at radius 2 is 1.60 bits per heavy atom. The molecule has 0 bridgehead atoms. The average Bonchev–Trinajstić information content (AvgIpc) is 3.58. The van der Waals surface area contributed by atoms with Gasteiger partial charge in [-0.25, -0.2) is 4.98 Å². The Balaban J connectivity index is 1.56. The minimum Gasteiger partial charge on any atom is -0.481 e. The molecular formula is C38H38N2O3. The van der Waals surface area contributed by atoms with Gasteiger partial charge in [-0.2, -0.15) is 0 Å². The minimum atomic E-state index is -1.24. The molecule has 1 N–H and O–H groups in total. The van der Waals surface area contributed by atoms with E-state index >= 15 is 0 Å². The lowest BCUT2D eigenvalue weighted by molar-refractivity contribution is 0.00690. The molecule has 43 heavy (non-hydrogen) atoms. The molecule has 6 rings (SSSR count). The monoisotopic (exact) mass is 570 g/mol. The van der Waals surface area contributed by atoms with E-state index in [2.05, 4.69) is 73.6 Å². The predicted octanol–water partition coefficient (Wildman–Crippen LogP) is 8.41. The molecule has 0 radical (unpaired) electrons. The van der Waals surface area contributed by atoms with E-state index in [1.165, 1.54) is 0 Å². The Labute approximate surface area is 253 Å². The first-order chi connectivity index (χ1) is 21.0. The molecule has 2 aromatic heterocycles. The van der Waals surface area contributed by atoms with Gasteiger partial charge in [0, 0.05) is 22.4 Å². The number of unbranched alkanes of at least 4 members (excludes halogenated alkanes) is 1. The van der Waals surface area contributed by atoms with Crippen LogP contribution in [-0.4, -0.2) is 42.7 Å². The van der Waals surface area contributed by atoms with Crippen LogP contribution in [0.3, 0.4) is 0 Å². The number of nitrogens with zero attached hydrogens (tertiary/aromatic N) is 2. The number of aliphatic hydroxyl groups is 1. The Hall–Kier alpha value is -4.45. The van der Waals surface area contributed by atoms with Crippen LogP contribution >= 0.6 is 0 Å². The molecule has 4 aromatic carbocycles. The fourth-order valence-corrected chi connectivity index (χ4v) is 6.24. The molecule has 2 unspecified atom stereocenters. The zero-order chi connectivity index (χ0) is 29.8. The lowest BCUT2D eigenvalue weighted by Gasteiger charge is -2.38. The number of rotatable bonds is 11. The minimum absolute atomic E-state index is 0.437. The summed E-state index contributed by atoms with van der Waals surface area (Å²) >= 11 is 0. The van der Waals surface area contributed by atoms with Crippen molar-refractivity contribution in [2.24, 2.45) is 0 Å². The van der Waals surface area contributed by atoms with Gasteiger partial charge in [-0.15, -0.1) is 0 Å². The van der Waals surface area contributed by atoms with Crippen LogP contribution < -0.4 is 4.74 Å². The van der Waals surface area contributed by atoms with Crippen LogP contribution in [0.4, 0.5) is 0 Å². The highest BCUT2D eigenvalue weighted by Gasteiger charge is 2.42. The molecule has 5 heteroatoms. The van der Waals surface area contributed by atoms with Gasteiger partial charge in [0.05, 0.1) is 18.9 Å². The highest BCUT2D eigenvalue weighted by molar-refractivity contribution is 5.86. The van der Waals surface area contributed by atoms with Gasteiger partial charge >= 0.3 is 0 Å². The maximum absolute atomic E-state index is 13.2. The predicted molar refractivity (Wildman–Crippen MR) is 175 cm³/mol. The zero-order valence-corrected chi connectivity index (χ0v) is 25.0. The highest BCUT2D eigenvalue weighted by Crippen LogP contribution is 2.48. The molecule has 0 aliphatic carbocycles. The molecule has 0 saturated heterocycles. The maximum Gasteiger partial charge on any atom is 0.217 e. The van der Waals surface area contributed by atoms with E-state index < -0.39 is 11.5 Å². The number of ether oxygens (including phenoxy) is 1. The fourth-order valence-electron chi connectivity index (χ4n) is 6.24. The highest BCUT2D eigenvalue weighted by atomic mass is 16.5. The van der Waals surface area contributed by atoms with Crippen molar-refractivity contribution in [1.82, 2.24) is 9.88 Å². The van der Waals surface area contributed by atoms with E-state index in [1.54, 1.807) is 13.4 Å². The molecule has 2 heterocycles. The molecule has 5 nitrogen and oxygen atoms in total. The summed E-state index contributed by atoms with van der Waals surface area (Å²) in [4.78, 5) is 7.16. The van der Waals surface area contributed by atoms with Crippen molar-refractivity contribution in [2.75, 3.05) is 27.7 Å². The van der Waals surface area contributed by atoms with Gasteiger partial charge in [0.2, 0.25) is 5.88 Å². The lowest BCUT2D eigenvalue weighted by atomic mass is 9.71. The first kappa shape index (κ1) is 28.7. The molecule has 0 aliphatic heterocycles. The number of aromatic nitrogens is 1. The Morgan fingerprint density at radius 3 is 2.35 bits per heavy atom. The zero-order valence-electron chi connectivity index (χ0n) is 25.0. The van der Waals surface area contributed by atoms with Crippen LogP contribution in [0, 0.1) is 0 Å². The van der Waals surface area contributed by atoms with Gasteiger partial charge in [0.15, 0.2) is 0 Å². The average molecular weight is 571 g/mol. The summed E-state index contributed by atoms with van der Waals surface area (Å²) in [5.41, 5.74) is 3.30. The number of fused-ring (bicyclic) bond motifs is 2. The summed E-state index contributed by atoms with van der Waals surface area (Å²) in [6.07, 6.45) is 4.09. The topological polar surface area (TPSA) is 58.7 Å². The van der Waals surface area contributed by atoms with Gasteiger partial charge in [-0.05, 0) is 104 Å². The van der Waals surface area contributed by atoms with Crippen molar-refractivity contribution in [3.63, 3.8) is 0 Å². The molecule has 2 atom stereocenters. The van der Waals surface area contributed by atoms with Crippen molar-refractivity contribution in [3.8, 4) is 17.2 Å². The van der Waals surface area contributed by atoms with E-state index in [0.29, 0.717) is 12.3 Å². The summed E-state index contributed by atoms with van der Waals surface area (Å²) < 4.78 is 11.7. The number of benzene rings is 4. The van der Waals surface area contributed by atoms with Crippen LogP contribution in [0.25, 0.3) is 33.0 Å². The van der Waals surface area contributed by atoms with Crippen molar-refractivity contribution in [1.29, 1.82) is 0 Å². The largest absolute Gasteiger partial charge is 0.481 e. The smallest absolute Gasteiger partial charge is 0.217 e. The van der Waals surface area contributed by atoms with Gasteiger partial charge in [0.25, 0.3) is 0 Å². The second-order valence-electron chi connectivity index (χ2n) is 11.6. The molecule has 0 aliphatic rings. The van der Waals surface area contributed by atoms with Gasteiger partial charge < -0.3 is 19.2 Å². The first-order valence-electron chi connectivity index (χ1n) is 14.9. The van der Waals surface area contributed by atoms with E-state index in [9.17, 15) is 5.11 Å². The van der Waals surface area contributed by atoms with E-state index in [0.717, 1.165) is 69.1 Å². The Bertz CT molecular complexity index is 1810. The molecule has 0 fully saturated rings. The van der Waals surface area contributed by atoms with Gasteiger partial charge in [0.1, 0.15) is 11.4 Å². The number of hydrogen-bond acceptors (Lipinski definition) is 5. The third kappa shape index (κ3) is 5.92. The number of furan rings is 1. The molecule has 0 amide bonds. The Morgan fingerprint density at radius 1 is 0.814 bits per heavy atom. The van der Waals surface area contributed by atoms with Gasteiger partial charge in [-0.1, -0.05) is 66.7 Å². The second-order valence-corrected chi connectivity index (χ2v) is 11.6.